The van der Waals surface area contributed by atoms with Crippen molar-refractivity contribution >= 4 is 58.0 Å². The van der Waals surface area contributed by atoms with Crippen LogP contribution in [-0.2, 0) is 14.3 Å². The van der Waals surface area contributed by atoms with Crippen molar-refractivity contribution in [2.45, 2.75) is 42.6 Å². The summed E-state index contributed by atoms with van der Waals surface area (Å²) in [4.78, 5) is 15.7. The number of methoxy groups -OCH3 is 1. The normalized spacial score (nSPS) is 28.1. The van der Waals surface area contributed by atoms with Crippen molar-refractivity contribution < 1.29 is 29.6 Å². The maximum Gasteiger partial charge on any atom is 0.259 e. The van der Waals surface area contributed by atoms with Gasteiger partial charge >= 0.3 is 0 Å². The van der Waals surface area contributed by atoms with E-state index in [-0.39, 0.29) is 23.1 Å². The van der Waals surface area contributed by atoms with Crippen LogP contribution >= 0.6 is 46.4 Å². The first-order chi connectivity index (χ1) is 19.6. The molecule has 15 heteroatoms. The maximum absolute atomic E-state index is 14.3. The quantitative estimate of drug-likeness (QED) is 0.305. The molecular weight excluding hydrogens is 620 g/mol. The third-order valence-electron chi connectivity index (χ3n) is 7.26. The van der Waals surface area contributed by atoms with Gasteiger partial charge < -0.3 is 35.0 Å². The first kappa shape index (κ1) is 30.4. The van der Waals surface area contributed by atoms with Gasteiger partial charge in [-0.2, -0.15) is 0 Å². The van der Waals surface area contributed by atoms with Gasteiger partial charge in [0.1, 0.15) is 30.0 Å². The molecule has 0 saturated carbocycles. The van der Waals surface area contributed by atoms with E-state index in [2.05, 4.69) is 15.6 Å². The van der Waals surface area contributed by atoms with Crippen molar-refractivity contribution in [1.82, 2.24) is 20.3 Å². The van der Waals surface area contributed by atoms with Gasteiger partial charge in [0.25, 0.3) is 5.91 Å². The number of aliphatic hydroxyl groups excluding tert-OH is 3. The van der Waals surface area contributed by atoms with Gasteiger partial charge in [0.05, 0.1) is 35.0 Å². The molecule has 41 heavy (non-hydrogen) atoms. The van der Waals surface area contributed by atoms with E-state index < -0.39 is 55.1 Å². The van der Waals surface area contributed by atoms with Crippen molar-refractivity contribution in [3.8, 4) is 11.3 Å². The average molecular weight is 647 g/mol. The fourth-order valence-corrected chi connectivity index (χ4v) is 6.09. The summed E-state index contributed by atoms with van der Waals surface area (Å²) in [7, 11) is 1.37. The number of aliphatic hydroxyl groups is 3. The highest BCUT2D eigenvalue weighted by molar-refractivity contribution is 6.42. The summed E-state index contributed by atoms with van der Waals surface area (Å²) in [6.07, 6.45) is -4.26. The van der Waals surface area contributed by atoms with E-state index in [0.717, 1.165) is 0 Å². The number of anilines is 1. The van der Waals surface area contributed by atoms with Gasteiger partial charge in [0.15, 0.2) is 6.10 Å². The van der Waals surface area contributed by atoms with Gasteiger partial charge in [-0.1, -0.05) is 57.7 Å². The Balaban J connectivity index is 1.54. The Morgan fingerprint density at radius 3 is 2.46 bits per heavy atom. The Labute approximate surface area is 255 Å². The van der Waals surface area contributed by atoms with E-state index in [9.17, 15) is 20.1 Å². The second-order valence-corrected chi connectivity index (χ2v) is 11.5. The molecule has 5 rings (SSSR count). The number of ether oxygens (including phenoxy) is 2. The Kier molecular flexibility index (Phi) is 9.41. The highest BCUT2D eigenvalue weighted by Crippen LogP contribution is 2.36. The zero-order valence-corrected chi connectivity index (χ0v) is 24.6. The van der Waals surface area contributed by atoms with Gasteiger partial charge in [-0.3, -0.25) is 4.79 Å². The summed E-state index contributed by atoms with van der Waals surface area (Å²) in [5, 5.41) is 44.8. The molecule has 2 aromatic carbocycles. The Hall–Kier alpha value is -2.03. The summed E-state index contributed by atoms with van der Waals surface area (Å²) >= 11 is 24.7. The SMILES string of the molecule is CO[C@@H]1[C@@H](n2cc(-c3ccc(Cl)c(Cl)c3)nn2)[C@@H](O)[C@@H](CO)O[C@H]1C(=O)N(c1cc(Cl)cc(Cl)c1)[C@H]1CNC[C@@H]1O. The third kappa shape index (κ3) is 6.07. The second-order valence-electron chi connectivity index (χ2n) is 9.80. The number of hydrogen-bond donors (Lipinski definition) is 4. The fourth-order valence-electron chi connectivity index (χ4n) is 5.28. The summed E-state index contributed by atoms with van der Waals surface area (Å²) in [6.45, 7) is -0.0468. The monoisotopic (exact) mass is 645 g/mol. The molecular formula is C26H27Cl4N5O6. The molecule has 0 bridgehead atoms. The van der Waals surface area contributed by atoms with Crippen molar-refractivity contribution in [2.24, 2.45) is 0 Å². The lowest BCUT2D eigenvalue weighted by molar-refractivity contribution is -0.211. The lowest BCUT2D eigenvalue weighted by Crippen LogP contribution is -2.63. The van der Waals surface area contributed by atoms with Crippen molar-refractivity contribution in [3.63, 3.8) is 0 Å². The standard InChI is InChI=1S/C26H27Cl4N5O6/c1-40-24-22(34-10-18(32-33-34)12-2-3-16(29)17(30)4-12)23(38)21(11-36)41-25(24)26(39)35(19-8-31-9-20(19)37)15-6-13(27)5-14(28)7-15/h2-7,10,19-25,31,36-38H,8-9,11H2,1H3/t19-,20-,21+,22-,23-,24+,25+/m0/s1. The highest BCUT2D eigenvalue weighted by Gasteiger charge is 2.52. The van der Waals surface area contributed by atoms with Crippen LogP contribution in [0.5, 0.6) is 0 Å². The van der Waals surface area contributed by atoms with Crippen LogP contribution < -0.4 is 10.2 Å². The smallest absolute Gasteiger partial charge is 0.259 e. The molecule has 2 fully saturated rings. The second kappa shape index (κ2) is 12.7. The number of halogens is 4. The third-order valence-corrected chi connectivity index (χ3v) is 8.43. The number of rotatable bonds is 7. The lowest BCUT2D eigenvalue weighted by atomic mass is 9.91. The molecule has 2 aliphatic heterocycles. The molecule has 3 aromatic rings. The van der Waals surface area contributed by atoms with Crippen LogP contribution in [0, 0.1) is 0 Å². The predicted octanol–water partition coefficient (Wildman–Crippen LogP) is 2.60. The molecule has 0 spiro atoms. The molecule has 0 radical (unpaired) electrons. The molecule has 2 saturated heterocycles. The Bertz CT molecular complexity index is 1390. The molecule has 4 N–H and O–H groups in total. The molecule has 11 nitrogen and oxygen atoms in total. The van der Waals surface area contributed by atoms with Gasteiger partial charge in [-0.15, -0.1) is 5.10 Å². The molecule has 220 valence electrons. The first-order valence-corrected chi connectivity index (χ1v) is 14.2. The van der Waals surface area contributed by atoms with Crippen LogP contribution in [0.15, 0.2) is 42.6 Å². The highest BCUT2D eigenvalue weighted by atomic mass is 35.5. The zero-order valence-electron chi connectivity index (χ0n) is 21.6. The Morgan fingerprint density at radius 2 is 1.85 bits per heavy atom. The van der Waals surface area contributed by atoms with Crippen LogP contribution in [0.3, 0.4) is 0 Å². The molecule has 0 aliphatic carbocycles. The van der Waals surface area contributed by atoms with Crippen LogP contribution in [0.2, 0.25) is 20.1 Å². The fraction of sp³-hybridized carbons (Fsp3) is 0.423. The molecule has 3 heterocycles. The Morgan fingerprint density at radius 1 is 1.12 bits per heavy atom. The largest absolute Gasteiger partial charge is 0.394 e. The summed E-state index contributed by atoms with van der Waals surface area (Å²) < 4.78 is 13.1. The van der Waals surface area contributed by atoms with E-state index in [1.165, 1.54) is 22.8 Å². The van der Waals surface area contributed by atoms with E-state index in [1.54, 1.807) is 36.5 Å². The van der Waals surface area contributed by atoms with Crippen molar-refractivity contribution in [2.75, 3.05) is 31.7 Å². The predicted molar refractivity (Wildman–Crippen MR) is 154 cm³/mol. The van der Waals surface area contributed by atoms with Crippen molar-refractivity contribution in [1.29, 1.82) is 0 Å². The van der Waals surface area contributed by atoms with Crippen LogP contribution in [0.1, 0.15) is 6.04 Å². The van der Waals surface area contributed by atoms with Crippen LogP contribution in [-0.4, -0.2) is 99.6 Å². The van der Waals surface area contributed by atoms with Gasteiger partial charge in [0.2, 0.25) is 0 Å². The number of amides is 1. The topological polar surface area (TPSA) is 142 Å². The zero-order chi connectivity index (χ0) is 29.4. The molecule has 2 aliphatic rings. The minimum Gasteiger partial charge on any atom is -0.394 e. The van der Waals surface area contributed by atoms with E-state index in [1.807, 2.05) is 0 Å². The number of carbonyl (C=O) groups is 1. The summed E-state index contributed by atoms with van der Waals surface area (Å²) in [5.74, 6) is -0.594. The van der Waals surface area contributed by atoms with Gasteiger partial charge in [-0.25, -0.2) is 4.68 Å². The number of β-amino-alcohol motifs (C(OH)–C–C–N with tert-alkyl or cyclic N) is 1. The number of nitrogens with zero attached hydrogens (tertiary/aromatic N) is 4. The minimum absolute atomic E-state index is 0.263. The van der Waals surface area contributed by atoms with E-state index in [0.29, 0.717) is 27.0 Å². The molecule has 1 aromatic heterocycles. The number of nitrogens with one attached hydrogen (secondary N) is 1. The number of aromatic nitrogens is 3. The summed E-state index contributed by atoms with van der Waals surface area (Å²) in [6, 6.07) is 7.91. The molecule has 7 atom stereocenters. The number of carbonyl (C=O) groups excluding carboxylic acids is 1. The van der Waals surface area contributed by atoms with Crippen LogP contribution in [0.25, 0.3) is 11.3 Å². The molecule has 0 unspecified atom stereocenters. The van der Waals surface area contributed by atoms with Gasteiger partial charge in [0, 0.05) is 41.5 Å². The number of hydrogen-bond acceptors (Lipinski definition) is 9. The summed E-state index contributed by atoms with van der Waals surface area (Å²) in [5.41, 5.74) is 1.39. The van der Waals surface area contributed by atoms with E-state index >= 15 is 0 Å². The average Bonchev–Trinajstić information content (AvgIpc) is 3.59. The first-order valence-electron chi connectivity index (χ1n) is 12.6. The maximum atomic E-state index is 14.3. The van der Waals surface area contributed by atoms with Gasteiger partial charge in [-0.05, 0) is 30.3 Å². The molecule has 1 amide bonds. The minimum atomic E-state index is -1.34. The van der Waals surface area contributed by atoms with Crippen molar-refractivity contribution in [3.05, 3.63) is 62.7 Å². The van der Waals surface area contributed by atoms with Crippen LogP contribution in [0.4, 0.5) is 5.69 Å². The lowest BCUT2D eigenvalue weighted by Gasteiger charge is -2.45. The number of benzene rings is 2. The van der Waals surface area contributed by atoms with E-state index in [4.69, 9.17) is 55.9 Å².